The lowest BCUT2D eigenvalue weighted by Gasteiger charge is -2.20. The Balaban J connectivity index is 1.95. The summed E-state index contributed by atoms with van der Waals surface area (Å²) < 4.78 is 2.94. The van der Waals surface area contributed by atoms with Crippen LogP contribution in [0.3, 0.4) is 0 Å². The molecule has 0 radical (unpaired) electrons. The Kier molecular flexibility index (Phi) is 4.42. The quantitative estimate of drug-likeness (QED) is 0.932. The van der Waals surface area contributed by atoms with Gasteiger partial charge < -0.3 is 5.32 Å². The first-order valence-corrected chi connectivity index (χ1v) is 7.22. The lowest BCUT2D eigenvalue weighted by atomic mass is 10.1. The van der Waals surface area contributed by atoms with Crippen molar-refractivity contribution in [1.29, 1.82) is 0 Å². The molecule has 0 spiro atoms. The van der Waals surface area contributed by atoms with Crippen molar-refractivity contribution in [3.63, 3.8) is 0 Å². The molecular formula is C15H20BrN3. The van der Waals surface area contributed by atoms with Gasteiger partial charge >= 0.3 is 0 Å². The number of rotatable bonds is 4. The van der Waals surface area contributed by atoms with Crippen molar-refractivity contribution < 1.29 is 0 Å². The molecule has 0 bridgehead atoms. The second-order valence-electron chi connectivity index (χ2n) is 5.78. The fourth-order valence-electron chi connectivity index (χ4n) is 1.74. The molecule has 0 amide bonds. The van der Waals surface area contributed by atoms with E-state index in [2.05, 4.69) is 71.4 Å². The van der Waals surface area contributed by atoms with Crippen LogP contribution in [0.1, 0.15) is 31.9 Å². The summed E-state index contributed by atoms with van der Waals surface area (Å²) >= 11 is 3.40. The zero-order valence-electron chi connectivity index (χ0n) is 11.7. The standard InChI is InChI=1S/C15H20BrN3/c1-15(2,3)17-8-12-4-6-13(7-5-12)10-19-11-14(16)9-18-19/h4-7,9,11,17H,8,10H2,1-3H3. The molecule has 1 aromatic carbocycles. The van der Waals surface area contributed by atoms with E-state index in [0.717, 1.165) is 17.6 Å². The van der Waals surface area contributed by atoms with Crippen molar-refractivity contribution in [3.8, 4) is 0 Å². The second kappa shape index (κ2) is 5.88. The molecule has 3 nitrogen and oxygen atoms in total. The molecule has 2 rings (SSSR count). The van der Waals surface area contributed by atoms with Crippen molar-refractivity contribution >= 4 is 15.9 Å². The van der Waals surface area contributed by atoms with Gasteiger partial charge in [0.2, 0.25) is 0 Å². The van der Waals surface area contributed by atoms with Gasteiger partial charge in [0, 0.05) is 18.3 Å². The maximum atomic E-state index is 4.26. The van der Waals surface area contributed by atoms with Crippen LogP contribution in [-0.4, -0.2) is 15.3 Å². The van der Waals surface area contributed by atoms with Crippen LogP contribution in [0.15, 0.2) is 41.1 Å². The molecule has 19 heavy (non-hydrogen) atoms. The van der Waals surface area contributed by atoms with Gasteiger partial charge in [0.05, 0.1) is 17.2 Å². The SMILES string of the molecule is CC(C)(C)NCc1ccc(Cn2cc(Br)cn2)cc1. The van der Waals surface area contributed by atoms with E-state index in [9.17, 15) is 0 Å². The largest absolute Gasteiger partial charge is 0.308 e. The Bertz CT molecular complexity index is 523. The predicted molar refractivity (Wildman–Crippen MR) is 82.1 cm³/mol. The number of nitrogens with one attached hydrogen (secondary N) is 1. The normalized spacial score (nSPS) is 11.8. The maximum Gasteiger partial charge on any atom is 0.0659 e. The third kappa shape index (κ3) is 4.80. The van der Waals surface area contributed by atoms with Crippen molar-refractivity contribution in [2.24, 2.45) is 0 Å². The van der Waals surface area contributed by atoms with Gasteiger partial charge in [0.25, 0.3) is 0 Å². The van der Waals surface area contributed by atoms with E-state index in [-0.39, 0.29) is 5.54 Å². The molecule has 0 fully saturated rings. The van der Waals surface area contributed by atoms with Gasteiger partial charge in [-0.3, -0.25) is 4.68 Å². The van der Waals surface area contributed by atoms with Crippen LogP contribution >= 0.6 is 15.9 Å². The monoisotopic (exact) mass is 321 g/mol. The van der Waals surface area contributed by atoms with Crippen molar-refractivity contribution in [3.05, 3.63) is 52.3 Å². The molecule has 1 heterocycles. The highest BCUT2D eigenvalue weighted by Crippen LogP contribution is 2.10. The number of hydrogen-bond donors (Lipinski definition) is 1. The maximum absolute atomic E-state index is 4.26. The van der Waals surface area contributed by atoms with Gasteiger partial charge in [-0.15, -0.1) is 0 Å². The molecule has 102 valence electrons. The summed E-state index contributed by atoms with van der Waals surface area (Å²) in [5, 5.41) is 7.75. The molecule has 2 aromatic rings. The van der Waals surface area contributed by atoms with Crippen LogP contribution < -0.4 is 5.32 Å². The molecule has 0 aliphatic rings. The Morgan fingerprint density at radius 1 is 1.16 bits per heavy atom. The summed E-state index contributed by atoms with van der Waals surface area (Å²) in [7, 11) is 0. The average Bonchev–Trinajstić information content (AvgIpc) is 2.73. The Morgan fingerprint density at radius 2 is 1.79 bits per heavy atom. The number of nitrogens with zero attached hydrogens (tertiary/aromatic N) is 2. The highest BCUT2D eigenvalue weighted by Gasteiger charge is 2.08. The van der Waals surface area contributed by atoms with Gasteiger partial charge in [-0.2, -0.15) is 5.10 Å². The predicted octanol–water partition coefficient (Wildman–Crippen LogP) is 3.58. The van der Waals surface area contributed by atoms with E-state index in [1.807, 2.05) is 17.1 Å². The zero-order chi connectivity index (χ0) is 13.9. The van der Waals surface area contributed by atoms with Crippen molar-refractivity contribution in [2.75, 3.05) is 0 Å². The zero-order valence-corrected chi connectivity index (χ0v) is 13.2. The van der Waals surface area contributed by atoms with Crippen LogP contribution in [0.4, 0.5) is 0 Å². The van der Waals surface area contributed by atoms with E-state index in [1.54, 1.807) is 0 Å². The van der Waals surface area contributed by atoms with Gasteiger partial charge in [0.1, 0.15) is 0 Å². The van der Waals surface area contributed by atoms with Gasteiger partial charge in [-0.1, -0.05) is 24.3 Å². The summed E-state index contributed by atoms with van der Waals surface area (Å²) in [5.74, 6) is 0. The fraction of sp³-hybridized carbons (Fsp3) is 0.400. The van der Waals surface area contributed by atoms with Gasteiger partial charge in [-0.05, 0) is 47.8 Å². The summed E-state index contributed by atoms with van der Waals surface area (Å²) in [4.78, 5) is 0. The molecule has 4 heteroatoms. The highest BCUT2D eigenvalue weighted by molar-refractivity contribution is 9.10. The first-order chi connectivity index (χ1) is 8.92. The fourth-order valence-corrected chi connectivity index (χ4v) is 2.07. The van der Waals surface area contributed by atoms with Crippen LogP contribution in [0.5, 0.6) is 0 Å². The van der Waals surface area contributed by atoms with Crippen LogP contribution in [0.25, 0.3) is 0 Å². The molecule has 0 atom stereocenters. The first-order valence-electron chi connectivity index (χ1n) is 6.43. The number of aromatic nitrogens is 2. The van der Waals surface area contributed by atoms with E-state index in [0.29, 0.717) is 0 Å². The van der Waals surface area contributed by atoms with Crippen LogP contribution in [0, 0.1) is 0 Å². The van der Waals surface area contributed by atoms with Crippen molar-refractivity contribution in [2.45, 2.75) is 39.4 Å². The Morgan fingerprint density at radius 3 is 2.32 bits per heavy atom. The third-order valence-corrected chi connectivity index (χ3v) is 3.20. The summed E-state index contributed by atoms with van der Waals surface area (Å²) in [6.07, 6.45) is 3.79. The summed E-state index contributed by atoms with van der Waals surface area (Å²) in [6, 6.07) is 8.67. The minimum Gasteiger partial charge on any atom is -0.308 e. The molecule has 0 saturated carbocycles. The molecule has 0 saturated heterocycles. The van der Waals surface area contributed by atoms with Crippen molar-refractivity contribution in [1.82, 2.24) is 15.1 Å². The minimum absolute atomic E-state index is 0.153. The minimum atomic E-state index is 0.153. The number of halogens is 1. The second-order valence-corrected chi connectivity index (χ2v) is 6.69. The molecule has 0 aliphatic carbocycles. The van der Waals surface area contributed by atoms with E-state index in [4.69, 9.17) is 0 Å². The third-order valence-electron chi connectivity index (χ3n) is 2.79. The summed E-state index contributed by atoms with van der Waals surface area (Å²) in [6.45, 7) is 8.24. The molecule has 0 unspecified atom stereocenters. The highest BCUT2D eigenvalue weighted by atomic mass is 79.9. The lowest BCUT2D eigenvalue weighted by molar-refractivity contribution is 0.424. The number of hydrogen-bond acceptors (Lipinski definition) is 2. The topological polar surface area (TPSA) is 29.9 Å². The molecule has 1 N–H and O–H groups in total. The average molecular weight is 322 g/mol. The molecular weight excluding hydrogens is 302 g/mol. The van der Waals surface area contributed by atoms with E-state index < -0.39 is 0 Å². The number of benzene rings is 1. The van der Waals surface area contributed by atoms with E-state index in [1.165, 1.54) is 11.1 Å². The first kappa shape index (κ1) is 14.3. The lowest BCUT2D eigenvalue weighted by Crippen LogP contribution is -2.35. The van der Waals surface area contributed by atoms with Gasteiger partial charge in [0.15, 0.2) is 0 Å². The Hall–Kier alpha value is -1.13. The van der Waals surface area contributed by atoms with Crippen LogP contribution in [0.2, 0.25) is 0 Å². The Labute approximate surface area is 123 Å². The van der Waals surface area contributed by atoms with Crippen LogP contribution in [-0.2, 0) is 13.1 Å². The van der Waals surface area contributed by atoms with Gasteiger partial charge in [-0.25, -0.2) is 0 Å². The molecule has 0 aliphatic heterocycles. The van der Waals surface area contributed by atoms with E-state index >= 15 is 0 Å². The smallest absolute Gasteiger partial charge is 0.0659 e. The summed E-state index contributed by atoms with van der Waals surface area (Å²) in [5.41, 5.74) is 2.72. The molecule has 1 aromatic heterocycles.